The minimum absolute atomic E-state index is 0.217. The van der Waals surface area contributed by atoms with Crippen LogP contribution in [0.5, 0.6) is 0 Å². The van der Waals surface area contributed by atoms with Gasteiger partial charge in [-0.05, 0) is 36.6 Å². The van der Waals surface area contributed by atoms with E-state index in [1.807, 2.05) is 6.07 Å². The summed E-state index contributed by atoms with van der Waals surface area (Å²) in [5.41, 5.74) is 5.18. The van der Waals surface area contributed by atoms with Crippen LogP contribution < -0.4 is 5.73 Å². The molecular formula is C19H20F3NO3S. The molecule has 4 nitrogen and oxygen atoms in total. The summed E-state index contributed by atoms with van der Waals surface area (Å²) < 4.78 is 62.9. The average molecular weight is 399 g/mol. The third-order valence-corrected chi connectivity index (χ3v) is 6.02. The maximum atomic E-state index is 12.7. The Kier molecular flexibility index (Phi) is 6.64. The van der Waals surface area contributed by atoms with E-state index in [0.717, 1.165) is 23.8 Å². The number of primary amides is 1. The van der Waals surface area contributed by atoms with Gasteiger partial charge in [-0.15, -0.1) is 0 Å². The lowest BCUT2D eigenvalue weighted by molar-refractivity contribution is -0.137. The normalized spacial score (nSPS) is 13.3. The van der Waals surface area contributed by atoms with Crippen molar-refractivity contribution in [2.24, 2.45) is 5.73 Å². The van der Waals surface area contributed by atoms with Gasteiger partial charge in [0, 0.05) is 0 Å². The summed E-state index contributed by atoms with van der Waals surface area (Å²) >= 11 is 0. The van der Waals surface area contributed by atoms with Crippen LogP contribution in [0.15, 0.2) is 59.5 Å². The zero-order valence-corrected chi connectivity index (χ0v) is 15.3. The van der Waals surface area contributed by atoms with Gasteiger partial charge in [0.1, 0.15) is 0 Å². The monoisotopic (exact) mass is 399 g/mol. The van der Waals surface area contributed by atoms with Gasteiger partial charge in [-0.25, -0.2) is 8.42 Å². The molecule has 1 unspecified atom stereocenters. The van der Waals surface area contributed by atoms with Gasteiger partial charge in [-0.1, -0.05) is 42.8 Å². The van der Waals surface area contributed by atoms with Gasteiger partial charge in [0.2, 0.25) is 5.91 Å². The van der Waals surface area contributed by atoms with Crippen molar-refractivity contribution in [2.45, 2.75) is 36.3 Å². The molecule has 0 aromatic heterocycles. The van der Waals surface area contributed by atoms with Crippen LogP contribution in [0.2, 0.25) is 0 Å². The van der Waals surface area contributed by atoms with E-state index in [1.54, 1.807) is 24.3 Å². The average Bonchev–Trinajstić information content (AvgIpc) is 2.61. The van der Waals surface area contributed by atoms with E-state index in [1.165, 1.54) is 0 Å². The molecule has 0 bridgehead atoms. The fourth-order valence-electron chi connectivity index (χ4n) is 2.78. The Balaban J connectivity index is 1.99. The Morgan fingerprint density at radius 1 is 1.00 bits per heavy atom. The summed E-state index contributed by atoms with van der Waals surface area (Å²) in [5.74, 6) is -1.32. The second-order valence-electron chi connectivity index (χ2n) is 6.21. The molecule has 0 spiro atoms. The van der Waals surface area contributed by atoms with Crippen molar-refractivity contribution < 1.29 is 26.4 Å². The molecule has 0 aliphatic carbocycles. The van der Waals surface area contributed by atoms with Gasteiger partial charge < -0.3 is 5.73 Å². The Morgan fingerprint density at radius 2 is 1.67 bits per heavy atom. The number of amides is 1. The van der Waals surface area contributed by atoms with Crippen LogP contribution in [0, 0.1) is 0 Å². The summed E-state index contributed by atoms with van der Waals surface area (Å²) in [4.78, 5) is 11.3. The van der Waals surface area contributed by atoms with Crippen LogP contribution in [-0.2, 0) is 20.8 Å². The molecule has 0 saturated heterocycles. The zero-order chi connectivity index (χ0) is 20.1. The van der Waals surface area contributed by atoms with E-state index in [2.05, 4.69) is 0 Å². The van der Waals surface area contributed by atoms with Crippen molar-refractivity contribution >= 4 is 15.7 Å². The third-order valence-electron chi connectivity index (χ3n) is 4.22. The number of carbonyl (C=O) groups excluding carboxylic acids is 1. The molecule has 8 heteroatoms. The van der Waals surface area contributed by atoms with Crippen molar-refractivity contribution in [3.63, 3.8) is 0 Å². The number of rotatable bonds is 8. The molecule has 0 heterocycles. The molecule has 2 N–H and O–H groups in total. The number of sulfone groups is 1. The maximum Gasteiger partial charge on any atom is 0.416 e. The van der Waals surface area contributed by atoms with E-state index in [-0.39, 0.29) is 17.1 Å². The van der Waals surface area contributed by atoms with Crippen molar-refractivity contribution in [1.29, 1.82) is 0 Å². The summed E-state index contributed by atoms with van der Waals surface area (Å²) in [5, 5.41) is 0. The lowest BCUT2D eigenvalue weighted by atomic mass is 9.93. The van der Waals surface area contributed by atoms with E-state index in [4.69, 9.17) is 5.73 Å². The highest BCUT2D eigenvalue weighted by atomic mass is 32.2. The number of alkyl halides is 3. The lowest BCUT2D eigenvalue weighted by Crippen LogP contribution is -2.21. The van der Waals surface area contributed by atoms with Gasteiger partial charge in [-0.2, -0.15) is 13.2 Å². The smallest absolute Gasteiger partial charge is 0.369 e. The number of halogens is 3. The highest BCUT2D eigenvalue weighted by Gasteiger charge is 2.31. The maximum absolute atomic E-state index is 12.7. The number of benzene rings is 2. The molecule has 1 amide bonds. The Hall–Kier alpha value is -2.35. The van der Waals surface area contributed by atoms with E-state index in [0.29, 0.717) is 18.9 Å². The molecule has 0 radical (unpaired) electrons. The van der Waals surface area contributed by atoms with Crippen molar-refractivity contribution in [3.05, 3.63) is 65.7 Å². The quantitative estimate of drug-likeness (QED) is 0.684. The number of nitrogens with two attached hydrogens (primary N) is 1. The van der Waals surface area contributed by atoms with Crippen LogP contribution in [0.25, 0.3) is 0 Å². The first-order chi connectivity index (χ1) is 12.6. The summed E-state index contributed by atoms with van der Waals surface area (Å²) in [6, 6.07) is 12.6. The number of unbranched alkanes of at least 4 members (excludes halogenated alkanes) is 1. The van der Waals surface area contributed by atoms with E-state index < -0.39 is 33.4 Å². The van der Waals surface area contributed by atoms with Crippen LogP contribution in [0.3, 0.4) is 0 Å². The number of hydrogen-bond donors (Lipinski definition) is 1. The fourth-order valence-corrected chi connectivity index (χ4v) is 4.20. The molecule has 146 valence electrons. The second-order valence-corrected chi connectivity index (χ2v) is 8.32. The number of carbonyl (C=O) groups is 1. The molecule has 2 aromatic rings. The lowest BCUT2D eigenvalue weighted by Gasteiger charge is -2.14. The van der Waals surface area contributed by atoms with Crippen molar-refractivity contribution in [3.8, 4) is 0 Å². The molecule has 0 aliphatic rings. The van der Waals surface area contributed by atoms with Crippen molar-refractivity contribution in [2.75, 3.05) is 5.75 Å². The van der Waals surface area contributed by atoms with Crippen LogP contribution in [-0.4, -0.2) is 20.1 Å². The standard InChI is InChI=1S/C19H20F3NO3S/c20-19(21,22)15-9-6-10-16(13-15)27(25,26)12-5-4-11-17(18(23)24)14-7-2-1-3-8-14/h1-3,6-10,13,17H,4-5,11-12H2,(H2,23,24). The van der Waals surface area contributed by atoms with Gasteiger partial charge in [0.05, 0.1) is 22.1 Å². The predicted molar refractivity (Wildman–Crippen MR) is 95.7 cm³/mol. The van der Waals surface area contributed by atoms with E-state index in [9.17, 15) is 26.4 Å². The number of hydrogen-bond acceptors (Lipinski definition) is 3. The predicted octanol–water partition coefficient (Wildman–Crippen LogP) is 3.92. The first kappa shape index (κ1) is 21.0. The topological polar surface area (TPSA) is 77.2 Å². The summed E-state index contributed by atoms with van der Waals surface area (Å²) in [7, 11) is -3.84. The second kappa shape index (κ2) is 8.56. The van der Waals surface area contributed by atoms with Gasteiger partial charge in [-0.3, -0.25) is 4.79 Å². The summed E-state index contributed by atoms with van der Waals surface area (Å²) in [6.45, 7) is 0. The largest absolute Gasteiger partial charge is 0.416 e. The van der Waals surface area contributed by atoms with Crippen LogP contribution in [0.1, 0.15) is 36.3 Å². The molecule has 1 atom stereocenters. The Bertz CT molecular complexity index is 881. The molecule has 0 saturated carbocycles. The fraction of sp³-hybridized carbons (Fsp3) is 0.316. The third kappa shape index (κ3) is 5.82. The SMILES string of the molecule is NC(=O)C(CCCCS(=O)(=O)c1cccc(C(F)(F)F)c1)c1ccccc1. The Labute approximate surface area is 156 Å². The van der Waals surface area contributed by atoms with Crippen molar-refractivity contribution in [1.82, 2.24) is 0 Å². The highest BCUT2D eigenvalue weighted by Crippen LogP contribution is 2.31. The minimum atomic E-state index is -4.60. The summed E-state index contributed by atoms with van der Waals surface area (Å²) in [6.07, 6.45) is -3.61. The van der Waals surface area contributed by atoms with Gasteiger partial charge in [0.15, 0.2) is 9.84 Å². The first-order valence-electron chi connectivity index (χ1n) is 8.35. The zero-order valence-electron chi connectivity index (χ0n) is 14.4. The molecule has 0 fully saturated rings. The highest BCUT2D eigenvalue weighted by molar-refractivity contribution is 7.91. The van der Waals surface area contributed by atoms with Crippen LogP contribution >= 0.6 is 0 Å². The molecule has 27 heavy (non-hydrogen) atoms. The molecule has 2 rings (SSSR count). The van der Waals surface area contributed by atoms with E-state index >= 15 is 0 Å². The van der Waals surface area contributed by atoms with Crippen LogP contribution in [0.4, 0.5) is 13.2 Å². The molecule has 2 aromatic carbocycles. The first-order valence-corrected chi connectivity index (χ1v) is 10.0. The minimum Gasteiger partial charge on any atom is -0.369 e. The molecule has 0 aliphatic heterocycles. The molecular weight excluding hydrogens is 379 g/mol. The van der Waals surface area contributed by atoms with Gasteiger partial charge >= 0.3 is 6.18 Å². The Morgan fingerprint density at radius 3 is 2.26 bits per heavy atom. The van der Waals surface area contributed by atoms with Gasteiger partial charge in [0.25, 0.3) is 0 Å².